The second-order valence-corrected chi connectivity index (χ2v) is 5.94. The van der Waals surface area contributed by atoms with Crippen LogP contribution in [0.1, 0.15) is 39.7 Å². The highest BCUT2D eigenvalue weighted by molar-refractivity contribution is 5.85. The summed E-state index contributed by atoms with van der Waals surface area (Å²) in [5, 5.41) is 2.98. The first-order valence-electron chi connectivity index (χ1n) is 7.09. The SMILES string of the molecule is CC(C)COc1ccc(C(C)(C)NC(=O)CCN)cc1.Cl. The van der Waals surface area contributed by atoms with Crippen molar-refractivity contribution >= 4 is 18.3 Å². The summed E-state index contributed by atoms with van der Waals surface area (Å²) in [6, 6.07) is 7.85. The number of hydrogen-bond donors (Lipinski definition) is 2. The normalized spacial score (nSPS) is 11.0. The zero-order valence-electron chi connectivity index (χ0n) is 13.3. The molecule has 0 saturated heterocycles. The monoisotopic (exact) mass is 314 g/mol. The smallest absolute Gasteiger partial charge is 0.221 e. The van der Waals surface area contributed by atoms with Crippen molar-refractivity contribution in [3.8, 4) is 5.75 Å². The van der Waals surface area contributed by atoms with Crippen molar-refractivity contribution in [2.24, 2.45) is 11.7 Å². The molecule has 21 heavy (non-hydrogen) atoms. The van der Waals surface area contributed by atoms with Crippen LogP contribution in [0.4, 0.5) is 0 Å². The van der Waals surface area contributed by atoms with Crippen molar-refractivity contribution in [3.05, 3.63) is 29.8 Å². The lowest BCUT2D eigenvalue weighted by molar-refractivity contribution is -0.122. The highest BCUT2D eigenvalue weighted by atomic mass is 35.5. The van der Waals surface area contributed by atoms with Crippen LogP contribution in [0, 0.1) is 5.92 Å². The van der Waals surface area contributed by atoms with Crippen LogP contribution in [0.3, 0.4) is 0 Å². The maximum Gasteiger partial charge on any atom is 0.221 e. The highest BCUT2D eigenvalue weighted by Gasteiger charge is 2.22. The Balaban J connectivity index is 0.00000400. The second-order valence-electron chi connectivity index (χ2n) is 5.94. The van der Waals surface area contributed by atoms with E-state index in [4.69, 9.17) is 10.5 Å². The number of carbonyl (C=O) groups excluding carboxylic acids is 1. The molecule has 0 aliphatic heterocycles. The van der Waals surface area contributed by atoms with Crippen LogP contribution in [0.2, 0.25) is 0 Å². The number of hydrogen-bond acceptors (Lipinski definition) is 3. The second kappa shape index (κ2) is 8.90. The van der Waals surface area contributed by atoms with Gasteiger partial charge in [0.2, 0.25) is 5.91 Å². The number of amides is 1. The minimum Gasteiger partial charge on any atom is -0.493 e. The lowest BCUT2D eigenvalue weighted by Crippen LogP contribution is -2.41. The molecule has 1 amide bonds. The summed E-state index contributed by atoms with van der Waals surface area (Å²) in [5.74, 6) is 1.32. The maximum absolute atomic E-state index is 11.7. The molecule has 4 nitrogen and oxygen atoms in total. The molecule has 120 valence electrons. The molecule has 1 rings (SSSR count). The van der Waals surface area contributed by atoms with Gasteiger partial charge in [0.25, 0.3) is 0 Å². The Morgan fingerprint density at radius 3 is 2.33 bits per heavy atom. The summed E-state index contributed by atoms with van der Waals surface area (Å²) < 4.78 is 5.65. The number of ether oxygens (including phenoxy) is 1. The maximum atomic E-state index is 11.7. The van der Waals surface area contributed by atoms with Crippen molar-refractivity contribution in [2.75, 3.05) is 13.2 Å². The number of rotatable bonds is 7. The van der Waals surface area contributed by atoms with E-state index >= 15 is 0 Å². The minimum absolute atomic E-state index is 0. The molecule has 0 aromatic heterocycles. The molecule has 1 aromatic carbocycles. The summed E-state index contributed by atoms with van der Waals surface area (Å²) in [5.41, 5.74) is 6.01. The summed E-state index contributed by atoms with van der Waals surface area (Å²) in [7, 11) is 0. The fourth-order valence-electron chi connectivity index (χ4n) is 1.85. The lowest BCUT2D eigenvalue weighted by Gasteiger charge is -2.27. The van der Waals surface area contributed by atoms with Gasteiger partial charge in [0.15, 0.2) is 0 Å². The van der Waals surface area contributed by atoms with Crippen molar-refractivity contribution in [2.45, 2.75) is 39.7 Å². The van der Waals surface area contributed by atoms with E-state index in [1.807, 2.05) is 38.1 Å². The number of halogens is 1. The van der Waals surface area contributed by atoms with Gasteiger partial charge in [0.05, 0.1) is 12.1 Å². The Kier molecular flexibility index (Phi) is 8.37. The van der Waals surface area contributed by atoms with Crippen LogP contribution in [-0.2, 0) is 10.3 Å². The molecule has 0 atom stereocenters. The van der Waals surface area contributed by atoms with E-state index in [2.05, 4.69) is 19.2 Å². The lowest BCUT2D eigenvalue weighted by atomic mass is 9.94. The van der Waals surface area contributed by atoms with E-state index in [0.717, 1.165) is 11.3 Å². The first kappa shape index (κ1) is 19.7. The first-order valence-corrected chi connectivity index (χ1v) is 7.09. The minimum atomic E-state index is -0.414. The average molecular weight is 315 g/mol. The third-order valence-corrected chi connectivity index (χ3v) is 2.98. The third kappa shape index (κ3) is 6.82. The molecule has 0 radical (unpaired) electrons. The van der Waals surface area contributed by atoms with E-state index in [0.29, 0.717) is 25.5 Å². The molecule has 0 aliphatic rings. The summed E-state index contributed by atoms with van der Waals surface area (Å²) in [4.78, 5) is 11.7. The predicted molar refractivity (Wildman–Crippen MR) is 88.9 cm³/mol. The van der Waals surface area contributed by atoms with Crippen LogP contribution in [-0.4, -0.2) is 19.1 Å². The third-order valence-electron chi connectivity index (χ3n) is 2.98. The molecule has 5 heteroatoms. The number of benzene rings is 1. The molecular formula is C16H27ClN2O2. The Morgan fingerprint density at radius 1 is 1.29 bits per heavy atom. The molecule has 3 N–H and O–H groups in total. The Bertz CT molecular complexity index is 430. The van der Waals surface area contributed by atoms with Crippen LogP contribution in [0.15, 0.2) is 24.3 Å². The van der Waals surface area contributed by atoms with Gasteiger partial charge in [-0.15, -0.1) is 12.4 Å². The molecule has 0 aliphatic carbocycles. The predicted octanol–water partition coefficient (Wildman–Crippen LogP) is 2.84. The van der Waals surface area contributed by atoms with Gasteiger partial charge in [0.1, 0.15) is 5.75 Å². The van der Waals surface area contributed by atoms with E-state index in [9.17, 15) is 4.79 Å². The van der Waals surface area contributed by atoms with Crippen LogP contribution in [0.5, 0.6) is 5.75 Å². The van der Waals surface area contributed by atoms with Gasteiger partial charge in [-0.05, 0) is 37.5 Å². The van der Waals surface area contributed by atoms with Gasteiger partial charge in [-0.1, -0.05) is 26.0 Å². The molecular weight excluding hydrogens is 288 g/mol. The molecule has 0 saturated carbocycles. The van der Waals surface area contributed by atoms with Crippen molar-refractivity contribution < 1.29 is 9.53 Å². The molecule has 0 unspecified atom stereocenters. The van der Waals surface area contributed by atoms with Crippen molar-refractivity contribution in [1.29, 1.82) is 0 Å². The van der Waals surface area contributed by atoms with Crippen molar-refractivity contribution in [3.63, 3.8) is 0 Å². The van der Waals surface area contributed by atoms with Gasteiger partial charge in [0, 0.05) is 13.0 Å². The zero-order valence-corrected chi connectivity index (χ0v) is 14.1. The fourth-order valence-corrected chi connectivity index (χ4v) is 1.85. The average Bonchev–Trinajstić information content (AvgIpc) is 2.36. The molecule has 0 bridgehead atoms. The Morgan fingerprint density at radius 2 is 1.86 bits per heavy atom. The molecule has 0 fully saturated rings. The van der Waals surface area contributed by atoms with Gasteiger partial charge in [-0.25, -0.2) is 0 Å². The van der Waals surface area contributed by atoms with Gasteiger partial charge in [-0.2, -0.15) is 0 Å². The van der Waals surface area contributed by atoms with Crippen LogP contribution >= 0.6 is 12.4 Å². The zero-order chi connectivity index (χ0) is 15.2. The quantitative estimate of drug-likeness (QED) is 0.813. The standard InChI is InChI=1S/C16H26N2O2.ClH/c1-12(2)11-20-14-7-5-13(6-8-14)16(3,4)18-15(19)9-10-17;/h5-8,12H,9-11,17H2,1-4H3,(H,18,19);1H. The van der Waals surface area contributed by atoms with Crippen LogP contribution < -0.4 is 15.8 Å². The van der Waals surface area contributed by atoms with Crippen LogP contribution in [0.25, 0.3) is 0 Å². The first-order chi connectivity index (χ1) is 9.35. The van der Waals surface area contributed by atoms with E-state index in [1.165, 1.54) is 0 Å². The topological polar surface area (TPSA) is 64.3 Å². The summed E-state index contributed by atoms with van der Waals surface area (Å²) in [6.07, 6.45) is 0.346. The largest absolute Gasteiger partial charge is 0.493 e. The number of carbonyl (C=O) groups is 1. The summed E-state index contributed by atoms with van der Waals surface area (Å²) >= 11 is 0. The molecule has 0 heterocycles. The van der Waals surface area contributed by atoms with Gasteiger partial charge < -0.3 is 15.8 Å². The summed E-state index contributed by atoms with van der Waals surface area (Å²) in [6.45, 7) is 9.26. The Hall–Kier alpha value is -1.26. The number of nitrogens with one attached hydrogen (secondary N) is 1. The van der Waals surface area contributed by atoms with E-state index in [-0.39, 0.29) is 18.3 Å². The molecule has 0 spiro atoms. The highest BCUT2D eigenvalue weighted by Crippen LogP contribution is 2.23. The van der Waals surface area contributed by atoms with E-state index < -0.39 is 5.54 Å². The van der Waals surface area contributed by atoms with Gasteiger partial charge >= 0.3 is 0 Å². The van der Waals surface area contributed by atoms with E-state index in [1.54, 1.807) is 0 Å². The van der Waals surface area contributed by atoms with Crippen molar-refractivity contribution in [1.82, 2.24) is 5.32 Å². The fraction of sp³-hybridized carbons (Fsp3) is 0.562. The number of nitrogens with two attached hydrogens (primary N) is 1. The Labute approximate surface area is 133 Å². The van der Waals surface area contributed by atoms with Gasteiger partial charge in [-0.3, -0.25) is 4.79 Å². The molecule has 1 aromatic rings.